The molecule has 5 nitrogen and oxygen atoms in total. The first-order valence-corrected chi connectivity index (χ1v) is 7.98. The summed E-state index contributed by atoms with van der Waals surface area (Å²) < 4.78 is 1.50. The maximum atomic E-state index is 12.2. The average molecular weight is 341 g/mol. The molecular weight excluding hydrogens is 324 g/mol. The molecule has 24 heavy (non-hydrogen) atoms. The number of rotatable bonds is 5. The number of nitrogens with one attached hydrogen (secondary N) is 1. The summed E-state index contributed by atoms with van der Waals surface area (Å²) in [5.74, 6) is 0.529. The predicted molar refractivity (Wildman–Crippen MR) is 96.4 cm³/mol. The van der Waals surface area contributed by atoms with Gasteiger partial charge in [-0.05, 0) is 30.2 Å². The van der Waals surface area contributed by atoms with Crippen molar-refractivity contribution < 1.29 is 0 Å². The topological polar surface area (TPSA) is 59.8 Å². The van der Waals surface area contributed by atoms with Crippen LogP contribution in [-0.4, -0.2) is 21.1 Å². The Morgan fingerprint density at radius 1 is 1.17 bits per heavy atom. The number of hydrogen-bond acceptors (Lipinski definition) is 4. The lowest BCUT2D eigenvalue weighted by molar-refractivity contribution is 0.819. The van der Waals surface area contributed by atoms with E-state index in [4.69, 9.17) is 11.6 Å². The second-order valence-electron chi connectivity index (χ2n) is 5.37. The van der Waals surface area contributed by atoms with Crippen LogP contribution in [0.15, 0.2) is 59.7 Å². The van der Waals surface area contributed by atoms with Gasteiger partial charge in [-0.15, -0.1) is 0 Å². The van der Waals surface area contributed by atoms with Crippen molar-refractivity contribution in [3.05, 3.63) is 75.8 Å². The molecule has 0 aliphatic heterocycles. The minimum absolute atomic E-state index is 0.114. The summed E-state index contributed by atoms with van der Waals surface area (Å²) in [4.78, 5) is 20.7. The molecule has 0 amide bonds. The normalized spacial score (nSPS) is 10.6. The molecule has 3 rings (SSSR count). The molecule has 0 atom stereocenters. The summed E-state index contributed by atoms with van der Waals surface area (Å²) in [7, 11) is 1.70. The number of halogens is 1. The summed E-state index contributed by atoms with van der Waals surface area (Å²) in [5.41, 5.74) is 2.43. The van der Waals surface area contributed by atoms with E-state index in [-0.39, 0.29) is 5.56 Å². The van der Waals surface area contributed by atoms with Crippen molar-refractivity contribution in [3.8, 4) is 11.3 Å². The van der Waals surface area contributed by atoms with Gasteiger partial charge in [0.05, 0.1) is 5.69 Å². The van der Waals surface area contributed by atoms with Gasteiger partial charge in [0.25, 0.3) is 5.56 Å². The standard InChI is InChI=1S/C18H17ClN4O/c1-23-17(24)12-16(14-6-9-20-10-7-14)22-18(23)21-11-8-13-4-2-3-5-15(13)19/h2-7,9-10,12H,8,11H2,1H3,(H,21,22). The number of pyridine rings is 1. The predicted octanol–water partition coefficient (Wildman–Crippen LogP) is 3.15. The quantitative estimate of drug-likeness (QED) is 0.775. The monoisotopic (exact) mass is 340 g/mol. The van der Waals surface area contributed by atoms with E-state index in [0.29, 0.717) is 18.2 Å². The Morgan fingerprint density at radius 2 is 1.92 bits per heavy atom. The number of aromatic nitrogens is 3. The molecule has 1 N–H and O–H groups in total. The Morgan fingerprint density at radius 3 is 2.67 bits per heavy atom. The summed E-state index contributed by atoms with van der Waals surface area (Å²) in [5, 5.41) is 3.96. The Balaban J connectivity index is 1.79. The second kappa shape index (κ2) is 7.27. The van der Waals surface area contributed by atoms with Crippen molar-refractivity contribution in [2.75, 3.05) is 11.9 Å². The van der Waals surface area contributed by atoms with Crippen LogP contribution in [0.25, 0.3) is 11.3 Å². The lowest BCUT2D eigenvalue weighted by atomic mass is 10.1. The Labute approximate surface area is 145 Å². The molecule has 0 bridgehead atoms. The minimum Gasteiger partial charge on any atom is -0.355 e. The first-order chi connectivity index (χ1) is 11.6. The van der Waals surface area contributed by atoms with Crippen LogP contribution in [0.5, 0.6) is 0 Å². The third-order valence-corrected chi connectivity index (χ3v) is 4.11. The van der Waals surface area contributed by atoms with E-state index in [9.17, 15) is 4.79 Å². The van der Waals surface area contributed by atoms with Crippen LogP contribution < -0.4 is 10.9 Å². The van der Waals surface area contributed by atoms with Crippen molar-refractivity contribution in [1.82, 2.24) is 14.5 Å². The van der Waals surface area contributed by atoms with Gasteiger partial charge in [0.2, 0.25) is 5.95 Å². The number of anilines is 1. The van der Waals surface area contributed by atoms with Gasteiger partial charge < -0.3 is 5.32 Å². The highest BCUT2D eigenvalue weighted by atomic mass is 35.5. The molecule has 2 heterocycles. The average Bonchev–Trinajstić information content (AvgIpc) is 2.61. The highest BCUT2D eigenvalue weighted by Crippen LogP contribution is 2.17. The third-order valence-electron chi connectivity index (χ3n) is 3.75. The maximum absolute atomic E-state index is 12.2. The molecule has 1 aromatic carbocycles. The minimum atomic E-state index is -0.114. The van der Waals surface area contributed by atoms with Gasteiger partial charge in [0.15, 0.2) is 0 Å². The number of hydrogen-bond donors (Lipinski definition) is 1. The van der Waals surface area contributed by atoms with Gasteiger partial charge in [-0.2, -0.15) is 0 Å². The molecule has 0 saturated heterocycles. The molecule has 6 heteroatoms. The SMILES string of the molecule is Cn1c(NCCc2ccccc2Cl)nc(-c2ccncc2)cc1=O. The molecule has 122 valence electrons. The zero-order valence-electron chi connectivity index (χ0n) is 13.2. The molecule has 0 aliphatic carbocycles. The highest BCUT2D eigenvalue weighted by molar-refractivity contribution is 6.31. The van der Waals surface area contributed by atoms with Crippen molar-refractivity contribution >= 4 is 17.5 Å². The Hall–Kier alpha value is -2.66. The van der Waals surface area contributed by atoms with Crippen LogP contribution in [0, 0.1) is 0 Å². The second-order valence-corrected chi connectivity index (χ2v) is 5.77. The van der Waals surface area contributed by atoms with Crippen molar-refractivity contribution in [3.63, 3.8) is 0 Å². The van der Waals surface area contributed by atoms with E-state index in [1.165, 1.54) is 10.6 Å². The fourth-order valence-electron chi connectivity index (χ4n) is 2.38. The molecular formula is C18H17ClN4O. The van der Waals surface area contributed by atoms with Crippen LogP contribution in [0.1, 0.15) is 5.56 Å². The fourth-order valence-corrected chi connectivity index (χ4v) is 2.61. The van der Waals surface area contributed by atoms with Crippen molar-refractivity contribution in [2.24, 2.45) is 7.05 Å². The van der Waals surface area contributed by atoms with Crippen LogP contribution >= 0.6 is 11.6 Å². The zero-order valence-corrected chi connectivity index (χ0v) is 14.0. The largest absolute Gasteiger partial charge is 0.355 e. The molecule has 0 fully saturated rings. The van der Waals surface area contributed by atoms with Gasteiger partial charge in [-0.3, -0.25) is 14.3 Å². The molecule has 0 aliphatic rings. The first-order valence-electron chi connectivity index (χ1n) is 7.61. The third kappa shape index (κ3) is 3.63. The molecule has 3 aromatic rings. The van der Waals surface area contributed by atoms with Crippen molar-refractivity contribution in [1.29, 1.82) is 0 Å². The Kier molecular flexibility index (Phi) is 4.91. The van der Waals surface area contributed by atoms with Gasteiger partial charge in [0.1, 0.15) is 0 Å². The van der Waals surface area contributed by atoms with Gasteiger partial charge in [0, 0.05) is 42.6 Å². The van der Waals surface area contributed by atoms with Gasteiger partial charge in [-0.25, -0.2) is 4.98 Å². The summed E-state index contributed by atoms with van der Waals surface area (Å²) >= 11 is 6.16. The zero-order chi connectivity index (χ0) is 16.9. The molecule has 2 aromatic heterocycles. The molecule has 0 spiro atoms. The van der Waals surface area contributed by atoms with Crippen molar-refractivity contribution in [2.45, 2.75) is 6.42 Å². The van der Waals surface area contributed by atoms with E-state index in [2.05, 4.69) is 15.3 Å². The summed E-state index contributed by atoms with van der Waals surface area (Å²) in [6.07, 6.45) is 4.10. The van der Waals surface area contributed by atoms with Crippen LogP contribution in [0.4, 0.5) is 5.95 Å². The van der Waals surface area contributed by atoms with E-state index < -0.39 is 0 Å². The van der Waals surface area contributed by atoms with E-state index in [1.807, 2.05) is 36.4 Å². The van der Waals surface area contributed by atoms with E-state index in [0.717, 1.165) is 22.6 Å². The first kappa shape index (κ1) is 16.2. The van der Waals surface area contributed by atoms with E-state index in [1.54, 1.807) is 19.4 Å². The van der Waals surface area contributed by atoms with Gasteiger partial charge >= 0.3 is 0 Å². The fraction of sp³-hybridized carbons (Fsp3) is 0.167. The number of benzene rings is 1. The molecule has 0 unspecified atom stereocenters. The Bertz CT molecular complexity index is 893. The van der Waals surface area contributed by atoms with Crippen LogP contribution in [0.2, 0.25) is 5.02 Å². The lowest BCUT2D eigenvalue weighted by Gasteiger charge is -2.12. The van der Waals surface area contributed by atoms with Crippen LogP contribution in [0.3, 0.4) is 0 Å². The highest BCUT2D eigenvalue weighted by Gasteiger charge is 2.07. The van der Waals surface area contributed by atoms with E-state index >= 15 is 0 Å². The summed E-state index contributed by atoms with van der Waals surface area (Å²) in [6, 6.07) is 12.9. The maximum Gasteiger partial charge on any atom is 0.255 e. The van der Waals surface area contributed by atoms with Crippen LogP contribution in [-0.2, 0) is 13.5 Å². The summed E-state index contributed by atoms with van der Waals surface area (Å²) in [6.45, 7) is 0.629. The molecule has 0 saturated carbocycles. The number of nitrogens with zero attached hydrogens (tertiary/aromatic N) is 3. The lowest BCUT2D eigenvalue weighted by Crippen LogP contribution is -2.22. The smallest absolute Gasteiger partial charge is 0.255 e. The van der Waals surface area contributed by atoms with Gasteiger partial charge in [-0.1, -0.05) is 29.8 Å². The molecule has 0 radical (unpaired) electrons.